The lowest BCUT2D eigenvalue weighted by Crippen LogP contribution is -2.40. The van der Waals surface area contributed by atoms with Crippen molar-refractivity contribution >= 4 is 5.97 Å². The van der Waals surface area contributed by atoms with Crippen LogP contribution in [-0.4, -0.2) is 31.3 Å². The van der Waals surface area contributed by atoms with Crippen LogP contribution in [0.25, 0.3) is 0 Å². The number of fused-ring (bicyclic) bond motifs is 2. The van der Waals surface area contributed by atoms with E-state index in [1.165, 1.54) is 30.4 Å². The first-order chi connectivity index (χ1) is 9.54. The Bertz CT molecular complexity index is 515. The van der Waals surface area contributed by atoms with Gasteiger partial charge in [0.25, 0.3) is 0 Å². The number of hydrogen-bond donors (Lipinski definition) is 1. The summed E-state index contributed by atoms with van der Waals surface area (Å²) in [6.45, 7) is 3.55. The summed E-state index contributed by atoms with van der Waals surface area (Å²) in [7, 11) is 0. The van der Waals surface area contributed by atoms with Crippen LogP contribution < -0.4 is 0 Å². The molecule has 0 aliphatic heterocycles. The molecule has 1 heterocycles. The molecule has 0 spiro atoms. The first kappa shape index (κ1) is 13.5. The van der Waals surface area contributed by atoms with Crippen molar-refractivity contribution in [1.82, 2.24) is 20.2 Å². The molecule has 1 aromatic heterocycles. The van der Waals surface area contributed by atoms with Gasteiger partial charge in [0.1, 0.15) is 0 Å². The second-order valence-corrected chi connectivity index (χ2v) is 6.58. The van der Waals surface area contributed by atoms with Crippen LogP contribution in [0.3, 0.4) is 0 Å². The molecule has 1 aromatic rings. The first-order valence-corrected chi connectivity index (χ1v) is 7.55. The van der Waals surface area contributed by atoms with Crippen molar-refractivity contribution in [2.24, 2.45) is 17.8 Å². The lowest BCUT2D eigenvalue weighted by atomic mass is 9.86. The van der Waals surface area contributed by atoms with Gasteiger partial charge in [-0.25, -0.2) is 9.48 Å². The van der Waals surface area contributed by atoms with E-state index in [0.717, 1.165) is 24.1 Å². The van der Waals surface area contributed by atoms with Gasteiger partial charge in [0.15, 0.2) is 11.4 Å². The maximum atomic E-state index is 11.6. The highest BCUT2D eigenvalue weighted by Crippen LogP contribution is 2.49. The highest BCUT2D eigenvalue weighted by molar-refractivity contribution is 5.76. The van der Waals surface area contributed by atoms with Gasteiger partial charge in [-0.15, -0.1) is 5.10 Å². The molecule has 6 heteroatoms. The molecule has 6 nitrogen and oxygen atoms in total. The Morgan fingerprint density at radius 1 is 1.45 bits per heavy atom. The van der Waals surface area contributed by atoms with Crippen LogP contribution in [0.1, 0.15) is 51.8 Å². The van der Waals surface area contributed by atoms with E-state index >= 15 is 0 Å². The molecule has 2 saturated carbocycles. The second-order valence-electron chi connectivity index (χ2n) is 6.58. The number of aromatic nitrogens is 4. The van der Waals surface area contributed by atoms with Crippen molar-refractivity contribution in [2.75, 3.05) is 0 Å². The maximum absolute atomic E-state index is 11.6. The third-order valence-corrected chi connectivity index (χ3v) is 5.48. The van der Waals surface area contributed by atoms with E-state index in [0.29, 0.717) is 12.3 Å². The van der Waals surface area contributed by atoms with E-state index < -0.39 is 11.5 Å². The number of tetrazole rings is 1. The number of rotatable bonds is 5. The standard InChI is InChI=1S/C14H22N4O2/c1-3-14(2,13(19)20)18-12(15-16-17-18)8-11-7-9-4-5-10(11)6-9/h9-11H,3-8H2,1-2H3,(H,19,20). The van der Waals surface area contributed by atoms with Gasteiger partial charge in [0.2, 0.25) is 0 Å². The molecule has 0 radical (unpaired) electrons. The second kappa shape index (κ2) is 4.82. The lowest BCUT2D eigenvalue weighted by Gasteiger charge is -2.26. The van der Waals surface area contributed by atoms with E-state index in [1.807, 2.05) is 6.92 Å². The van der Waals surface area contributed by atoms with Gasteiger partial charge in [-0.3, -0.25) is 0 Å². The molecular weight excluding hydrogens is 256 g/mol. The molecule has 4 atom stereocenters. The summed E-state index contributed by atoms with van der Waals surface area (Å²) in [5, 5.41) is 21.3. The fourth-order valence-corrected chi connectivity index (χ4v) is 3.97. The molecule has 0 amide bonds. The van der Waals surface area contributed by atoms with Crippen LogP contribution in [0.4, 0.5) is 0 Å². The number of aliphatic carboxylic acids is 1. The molecule has 4 unspecified atom stereocenters. The maximum Gasteiger partial charge on any atom is 0.331 e. The van der Waals surface area contributed by atoms with E-state index in [1.54, 1.807) is 6.92 Å². The summed E-state index contributed by atoms with van der Waals surface area (Å²) in [6.07, 6.45) is 6.58. The lowest BCUT2D eigenvalue weighted by molar-refractivity contribution is -0.147. The summed E-state index contributed by atoms with van der Waals surface area (Å²) >= 11 is 0. The highest BCUT2D eigenvalue weighted by Gasteiger charge is 2.42. The summed E-state index contributed by atoms with van der Waals surface area (Å²) in [5.41, 5.74) is -1.05. The van der Waals surface area contributed by atoms with E-state index in [-0.39, 0.29) is 0 Å². The molecule has 2 fully saturated rings. The molecular formula is C14H22N4O2. The van der Waals surface area contributed by atoms with Gasteiger partial charge in [0, 0.05) is 6.42 Å². The first-order valence-electron chi connectivity index (χ1n) is 7.55. The zero-order chi connectivity index (χ0) is 14.3. The third kappa shape index (κ3) is 2.01. The van der Waals surface area contributed by atoms with Crippen molar-refractivity contribution in [2.45, 2.75) is 57.9 Å². The Morgan fingerprint density at radius 2 is 2.25 bits per heavy atom. The summed E-state index contributed by atoms with van der Waals surface area (Å²) in [4.78, 5) is 11.6. The molecule has 3 rings (SSSR count). The summed E-state index contributed by atoms with van der Waals surface area (Å²) < 4.78 is 1.53. The van der Waals surface area contributed by atoms with Crippen LogP contribution in [0.5, 0.6) is 0 Å². The van der Waals surface area contributed by atoms with Gasteiger partial charge in [-0.1, -0.05) is 13.3 Å². The molecule has 2 aliphatic carbocycles. The minimum absolute atomic E-state index is 0.469. The normalized spacial score (nSPS) is 31.4. The smallest absolute Gasteiger partial charge is 0.331 e. The topological polar surface area (TPSA) is 80.9 Å². The minimum atomic E-state index is -1.05. The highest BCUT2D eigenvalue weighted by atomic mass is 16.4. The summed E-state index contributed by atoms with van der Waals surface area (Å²) in [6, 6.07) is 0. The molecule has 0 aromatic carbocycles. The van der Waals surface area contributed by atoms with Crippen molar-refractivity contribution in [3.05, 3.63) is 5.82 Å². The van der Waals surface area contributed by atoms with Crippen LogP contribution in [0.15, 0.2) is 0 Å². The average molecular weight is 278 g/mol. The van der Waals surface area contributed by atoms with E-state index in [4.69, 9.17) is 0 Å². The Labute approximate surface area is 118 Å². The molecule has 20 heavy (non-hydrogen) atoms. The largest absolute Gasteiger partial charge is 0.479 e. The van der Waals surface area contributed by atoms with E-state index in [2.05, 4.69) is 15.5 Å². The van der Waals surface area contributed by atoms with Crippen LogP contribution in [0, 0.1) is 17.8 Å². The Morgan fingerprint density at radius 3 is 2.80 bits per heavy atom. The fraction of sp³-hybridized carbons (Fsp3) is 0.857. The predicted molar refractivity (Wildman–Crippen MR) is 72.0 cm³/mol. The van der Waals surface area contributed by atoms with Crippen molar-refractivity contribution < 1.29 is 9.90 Å². The van der Waals surface area contributed by atoms with Crippen molar-refractivity contribution in [3.8, 4) is 0 Å². The van der Waals surface area contributed by atoms with Gasteiger partial charge < -0.3 is 5.11 Å². The monoisotopic (exact) mass is 278 g/mol. The zero-order valence-electron chi connectivity index (χ0n) is 12.1. The molecule has 2 aliphatic rings. The minimum Gasteiger partial charge on any atom is -0.479 e. The van der Waals surface area contributed by atoms with Crippen LogP contribution >= 0.6 is 0 Å². The zero-order valence-corrected chi connectivity index (χ0v) is 12.1. The Hall–Kier alpha value is -1.46. The Balaban J connectivity index is 1.82. The molecule has 110 valence electrons. The number of carboxylic acids is 1. The van der Waals surface area contributed by atoms with Crippen molar-refractivity contribution in [1.29, 1.82) is 0 Å². The van der Waals surface area contributed by atoms with Crippen molar-refractivity contribution in [3.63, 3.8) is 0 Å². The van der Waals surface area contributed by atoms with Crippen LogP contribution in [-0.2, 0) is 16.8 Å². The van der Waals surface area contributed by atoms with Crippen LogP contribution in [0.2, 0.25) is 0 Å². The number of nitrogens with zero attached hydrogens (tertiary/aromatic N) is 4. The average Bonchev–Trinajstić information content (AvgIpc) is 3.13. The third-order valence-electron chi connectivity index (χ3n) is 5.48. The SMILES string of the molecule is CCC(C)(C(=O)O)n1nnnc1CC1CC2CCC1C2. The molecule has 1 N–H and O–H groups in total. The van der Waals surface area contributed by atoms with Gasteiger partial charge in [-0.05, 0) is 60.8 Å². The number of carboxylic acid groups (broad SMARTS) is 1. The predicted octanol–water partition coefficient (Wildman–Crippen LogP) is 1.86. The molecule has 2 bridgehead atoms. The van der Waals surface area contributed by atoms with E-state index in [9.17, 15) is 9.90 Å². The number of hydrogen-bond acceptors (Lipinski definition) is 4. The quantitative estimate of drug-likeness (QED) is 0.889. The molecule has 0 saturated heterocycles. The summed E-state index contributed by atoms with van der Waals surface area (Å²) in [5.74, 6) is 2.17. The van der Waals surface area contributed by atoms with Gasteiger partial charge in [0.05, 0.1) is 0 Å². The van der Waals surface area contributed by atoms with Gasteiger partial charge >= 0.3 is 5.97 Å². The fourth-order valence-electron chi connectivity index (χ4n) is 3.97. The van der Waals surface area contributed by atoms with Gasteiger partial charge in [-0.2, -0.15) is 0 Å². The Kier molecular flexibility index (Phi) is 3.26. The number of carbonyl (C=O) groups is 1.